The summed E-state index contributed by atoms with van der Waals surface area (Å²) in [5.74, 6) is 0. The molecule has 13 heteroatoms. The van der Waals surface area contributed by atoms with E-state index in [1.54, 1.807) is 0 Å². The predicted molar refractivity (Wildman–Crippen MR) is 80.6 cm³/mol. The number of carbonyl (C=O) groups excluding carboxylic acids is 2. The van der Waals surface area contributed by atoms with Gasteiger partial charge < -0.3 is 15.4 Å². The Labute approximate surface area is 136 Å². The molecule has 1 saturated heterocycles. The van der Waals surface area contributed by atoms with Gasteiger partial charge in [0.1, 0.15) is 0 Å². The van der Waals surface area contributed by atoms with Crippen molar-refractivity contribution in [3.8, 4) is 0 Å². The number of rotatable bonds is 4. The van der Waals surface area contributed by atoms with E-state index in [-0.39, 0.29) is 16.0 Å². The summed E-state index contributed by atoms with van der Waals surface area (Å²) in [6, 6.07) is -0.568. The van der Waals surface area contributed by atoms with E-state index >= 15 is 0 Å². The topological polar surface area (TPSA) is 134 Å². The Kier molecular flexibility index (Phi) is 4.45. The lowest BCUT2D eigenvalue weighted by Crippen LogP contribution is -2.49. The molecule has 0 radical (unpaired) electrons. The molecule has 2 heterocycles. The van der Waals surface area contributed by atoms with Gasteiger partial charge in [0.2, 0.25) is 15.2 Å². The summed E-state index contributed by atoms with van der Waals surface area (Å²) in [4.78, 5) is 24.6. The number of nitrogens with one attached hydrogen (secondary N) is 2. The zero-order valence-corrected chi connectivity index (χ0v) is 14.5. The second kappa shape index (κ2) is 5.90. The fraction of sp³-hybridized carbons (Fsp3) is 0.600. The van der Waals surface area contributed by atoms with Gasteiger partial charge in [0.25, 0.3) is 10.0 Å². The minimum absolute atomic E-state index is 0.00632. The van der Waals surface area contributed by atoms with Crippen molar-refractivity contribution in [2.75, 3.05) is 32.6 Å². The van der Waals surface area contributed by atoms with Crippen molar-refractivity contribution in [3.63, 3.8) is 0 Å². The van der Waals surface area contributed by atoms with E-state index in [2.05, 4.69) is 20.8 Å². The van der Waals surface area contributed by atoms with Crippen LogP contribution in [0.25, 0.3) is 0 Å². The molecular formula is C10H16N6O5S2. The standard InChI is InChI=1S/C10H16N6O5S2/c1-10(21-8(18)11-2)5-12-6(17)16(10)7-13-14-9(22-7)23(19,20)15(3)4/h5H2,1-4H3,(H,11,18)(H,12,17). The maximum absolute atomic E-state index is 12.0. The Morgan fingerprint density at radius 2 is 2.13 bits per heavy atom. The summed E-state index contributed by atoms with van der Waals surface area (Å²) < 4.78 is 30.0. The van der Waals surface area contributed by atoms with Gasteiger partial charge in [-0.25, -0.2) is 27.2 Å². The number of aromatic nitrogens is 2. The molecular weight excluding hydrogens is 348 g/mol. The Balaban J connectivity index is 2.38. The molecule has 1 aromatic rings. The zero-order valence-electron chi connectivity index (χ0n) is 12.9. The molecule has 1 aromatic heterocycles. The highest BCUT2D eigenvalue weighted by Crippen LogP contribution is 2.33. The van der Waals surface area contributed by atoms with Crippen molar-refractivity contribution >= 4 is 38.6 Å². The lowest BCUT2D eigenvalue weighted by atomic mass is 10.2. The molecule has 0 aliphatic carbocycles. The molecule has 128 valence electrons. The second-order valence-electron chi connectivity index (χ2n) is 4.95. The third-order valence-corrected chi connectivity index (χ3v) is 6.12. The van der Waals surface area contributed by atoms with Crippen molar-refractivity contribution < 1.29 is 22.7 Å². The number of hydrogen-bond donors (Lipinski definition) is 2. The van der Waals surface area contributed by atoms with Gasteiger partial charge in [-0.15, -0.1) is 10.2 Å². The van der Waals surface area contributed by atoms with Crippen LogP contribution in [0.4, 0.5) is 14.7 Å². The Bertz CT molecular complexity index is 732. The van der Waals surface area contributed by atoms with Crippen LogP contribution < -0.4 is 15.5 Å². The summed E-state index contributed by atoms with van der Waals surface area (Å²) >= 11 is 0.708. The van der Waals surface area contributed by atoms with Gasteiger partial charge >= 0.3 is 12.1 Å². The van der Waals surface area contributed by atoms with Gasteiger partial charge in [-0.2, -0.15) is 0 Å². The molecule has 0 aromatic carbocycles. The molecule has 23 heavy (non-hydrogen) atoms. The minimum Gasteiger partial charge on any atom is -0.421 e. The van der Waals surface area contributed by atoms with Crippen LogP contribution in [0.15, 0.2) is 4.34 Å². The van der Waals surface area contributed by atoms with Crippen LogP contribution >= 0.6 is 11.3 Å². The molecule has 11 nitrogen and oxygen atoms in total. The van der Waals surface area contributed by atoms with Crippen LogP contribution in [0.5, 0.6) is 0 Å². The summed E-state index contributed by atoms with van der Waals surface area (Å²) in [6.45, 7) is 1.52. The number of alkyl carbamates (subject to hydrolysis) is 1. The number of amides is 3. The van der Waals surface area contributed by atoms with E-state index in [1.807, 2.05) is 0 Å². The normalized spacial score (nSPS) is 21.4. The largest absolute Gasteiger partial charge is 0.421 e. The average Bonchev–Trinajstić information content (AvgIpc) is 3.04. The molecule has 1 aliphatic heterocycles. The van der Waals surface area contributed by atoms with E-state index in [4.69, 9.17) is 4.74 Å². The first-order valence-corrected chi connectivity index (χ1v) is 8.62. The lowest BCUT2D eigenvalue weighted by molar-refractivity contribution is 0.0442. The fourth-order valence-electron chi connectivity index (χ4n) is 1.79. The van der Waals surface area contributed by atoms with Crippen molar-refractivity contribution in [2.45, 2.75) is 17.0 Å². The molecule has 1 fully saturated rings. The number of nitrogens with zero attached hydrogens (tertiary/aromatic N) is 4. The number of urea groups is 1. The second-order valence-corrected chi connectivity index (χ2v) is 8.23. The van der Waals surface area contributed by atoms with Gasteiger partial charge in [-0.3, -0.25) is 0 Å². The number of sulfonamides is 1. The molecule has 1 aliphatic rings. The maximum atomic E-state index is 12.0. The highest BCUT2D eigenvalue weighted by Gasteiger charge is 2.48. The number of anilines is 1. The Morgan fingerprint density at radius 3 is 2.70 bits per heavy atom. The van der Waals surface area contributed by atoms with Gasteiger partial charge in [-0.1, -0.05) is 11.3 Å². The van der Waals surface area contributed by atoms with E-state index in [0.29, 0.717) is 11.3 Å². The van der Waals surface area contributed by atoms with E-state index < -0.39 is 27.9 Å². The van der Waals surface area contributed by atoms with Crippen LogP contribution in [0, 0.1) is 0 Å². The van der Waals surface area contributed by atoms with Crippen molar-refractivity contribution in [2.24, 2.45) is 0 Å². The van der Waals surface area contributed by atoms with Crippen LogP contribution in [0.2, 0.25) is 0 Å². The van der Waals surface area contributed by atoms with Crippen LogP contribution in [-0.4, -0.2) is 68.5 Å². The molecule has 3 amide bonds. The third-order valence-electron chi connectivity index (χ3n) is 3.05. The average molecular weight is 364 g/mol. The third kappa shape index (κ3) is 3.07. The number of ether oxygens (including phenoxy) is 1. The van der Waals surface area contributed by atoms with E-state index in [1.165, 1.54) is 28.1 Å². The number of carbonyl (C=O) groups is 2. The van der Waals surface area contributed by atoms with Crippen LogP contribution in [0.3, 0.4) is 0 Å². The smallest absolute Gasteiger partial charge is 0.409 e. The quantitative estimate of drug-likeness (QED) is 0.681. The summed E-state index contributed by atoms with van der Waals surface area (Å²) in [6.07, 6.45) is -0.736. The molecule has 1 unspecified atom stereocenters. The van der Waals surface area contributed by atoms with Crippen molar-refractivity contribution in [1.82, 2.24) is 25.1 Å². The molecule has 0 spiro atoms. The summed E-state index contributed by atoms with van der Waals surface area (Å²) in [7, 11) is 0.331. The summed E-state index contributed by atoms with van der Waals surface area (Å²) in [5.41, 5.74) is -1.35. The fourth-order valence-corrected chi connectivity index (χ4v) is 4.02. The Hall–Kier alpha value is -1.99. The monoisotopic (exact) mass is 364 g/mol. The number of hydrogen-bond acceptors (Lipinski definition) is 8. The molecule has 0 saturated carbocycles. The highest BCUT2D eigenvalue weighted by atomic mass is 32.2. The van der Waals surface area contributed by atoms with Crippen molar-refractivity contribution in [3.05, 3.63) is 0 Å². The molecule has 1 atom stereocenters. The van der Waals surface area contributed by atoms with Gasteiger partial charge in [0.05, 0.1) is 6.54 Å². The molecule has 2 N–H and O–H groups in total. The molecule has 0 bridgehead atoms. The minimum atomic E-state index is -3.77. The van der Waals surface area contributed by atoms with E-state index in [9.17, 15) is 18.0 Å². The van der Waals surface area contributed by atoms with E-state index in [0.717, 1.165) is 9.21 Å². The van der Waals surface area contributed by atoms with Crippen LogP contribution in [-0.2, 0) is 14.8 Å². The first-order chi connectivity index (χ1) is 10.6. The summed E-state index contributed by atoms with van der Waals surface area (Å²) in [5, 5.41) is 12.2. The maximum Gasteiger partial charge on any atom is 0.409 e. The van der Waals surface area contributed by atoms with Gasteiger partial charge in [0, 0.05) is 21.1 Å². The zero-order chi connectivity index (χ0) is 17.4. The lowest BCUT2D eigenvalue weighted by Gasteiger charge is -2.30. The van der Waals surface area contributed by atoms with Crippen LogP contribution in [0.1, 0.15) is 6.92 Å². The highest BCUT2D eigenvalue weighted by molar-refractivity contribution is 7.91. The first kappa shape index (κ1) is 17.4. The van der Waals surface area contributed by atoms with Gasteiger partial charge in [-0.05, 0) is 6.92 Å². The Morgan fingerprint density at radius 1 is 1.48 bits per heavy atom. The van der Waals surface area contributed by atoms with Gasteiger partial charge in [0.15, 0.2) is 0 Å². The SMILES string of the molecule is CNC(=O)OC1(C)CNC(=O)N1c1nnc(S(=O)(=O)N(C)C)s1. The molecule has 2 rings (SSSR count). The first-order valence-electron chi connectivity index (χ1n) is 6.36. The predicted octanol–water partition coefficient (Wildman–Crippen LogP) is -0.610. The van der Waals surface area contributed by atoms with Crippen molar-refractivity contribution in [1.29, 1.82) is 0 Å².